The largest absolute Gasteiger partial charge is 0.481 e. The van der Waals surface area contributed by atoms with Crippen LogP contribution in [-0.4, -0.2) is 133 Å². The Balaban J connectivity index is 2.14. The Morgan fingerprint density at radius 3 is 1.82 bits per heavy atom. The summed E-state index contributed by atoms with van der Waals surface area (Å²) in [6.45, 7) is 0.335. The van der Waals surface area contributed by atoms with Gasteiger partial charge in [-0.3, -0.25) is 38.5 Å². The molecule has 1 aliphatic rings. The van der Waals surface area contributed by atoms with Gasteiger partial charge in [0.1, 0.15) is 19.3 Å². The van der Waals surface area contributed by atoms with E-state index in [9.17, 15) is 43.5 Å². The minimum Gasteiger partial charge on any atom is -0.481 e. The quantitative estimate of drug-likeness (QED) is 0.0371. The molecule has 320 valence electrons. The van der Waals surface area contributed by atoms with Gasteiger partial charge >= 0.3 is 11.9 Å². The molecule has 0 radical (unpaired) electrons. The molecule has 1 rings (SSSR count). The summed E-state index contributed by atoms with van der Waals surface area (Å²) >= 11 is 3.00. The summed E-state index contributed by atoms with van der Waals surface area (Å²) in [5, 5.41) is 29.0. The molecular weight excluding hydrogens is 800 g/mol. The Bertz CT molecular complexity index is 1230. The number of nitrogens with zero attached hydrogens (tertiary/aromatic N) is 1. The first-order valence-corrected chi connectivity index (χ1v) is 20.8. The normalized spacial score (nSPS) is 15.6. The molecule has 0 aromatic carbocycles. The van der Waals surface area contributed by atoms with Gasteiger partial charge in [0.15, 0.2) is 0 Å². The van der Waals surface area contributed by atoms with Crippen LogP contribution < -0.4 is 27.0 Å². The number of hydrogen-bond donors (Lipinski definition) is 7. The first-order chi connectivity index (χ1) is 26.9. The van der Waals surface area contributed by atoms with Gasteiger partial charge in [-0.2, -0.15) is 0 Å². The van der Waals surface area contributed by atoms with Crippen LogP contribution in [0.1, 0.15) is 103 Å². The van der Waals surface area contributed by atoms with Crippen molar-refractivity contribution in [2.24, 2.45) is 17.6 Å². The van der Waals surface area contributed by atoms with Crippen molar-refractivity contribution in [2.45, 2.75) is 109 Å². The number of amides is 6. The number of unbranched alkanes of at least 4 members (excludes halogenated alkanes) is 7. The molecule has 0 aromatic heterocycles. The van der Waals surface area contributed by atoms with Crippen LogP contribution in [0, 0.1) is 11.8 Å². The van der Waals surface area contributed by atoms with E-state index in [2.05, 4.69) is 37.2 Å². The van der Waals surface area contributed by atoms with Crippen LogP contribution in [0.2, 0.25) is 0 Å². The topological polar surface area (TPSA) is 273 Å². The second-order valence-electron chi connectivity index (χ2n) is 13.8. The second-order valence-corrected chi connectivity index (χ2v) is 14.4. The van der Waals surface area contributed by atoms with Gasteiger partial charge < -0.3 is 46.7 Å². The van der Waals surface area contributed by atoms with Gasteiger partial charge in [-0.25, -0.2) is 4.79 Å². The SMILES string of the molecule is NCCN(C(=O)CBr)C(=O)COCCNC(=O)COCCNC(=O)CCC(NC(=O)C1CCC(CNC(=O)CCCCCCCCCCC(=O)O)CC1)C(=O)O. The summed E-state index contributed by atoms with van der Waals surface area (Å²) in [4.78, 5) is 96.6. The molecule has 8 N–H and O–H groups in total. The number of carbonyl (C=O) groups is 8. The molecule has 56 heavy (non-hydrogen) atoms. The van der Waals surface area contributed by atoms with E-state index in [4.69, 9.17) is 20.3 Å². The summed E-state index contributed by atoms with van der Waals surface area (Å²) in [5.41, 5.74) is 5.42. The first-order valence-electron chi connectivity index (χ1n) is 19.7. The van der Waals surface area contributed by atoms with E-state index in [0.717, 1.165) is 69.1 Å². The lowest BCUT2D eigenvalue weighted by atomic mass is 9.81. The van der Waals surface area contributed by atoms with Gasteiger partial charge in [0.2, 0.25) is 29.5 Å². The number of hydrogen-bond acceptors (Lipinski definition) is 11. The highest BCUT2D eigenvalue weighted by molar-refractivity contribution is 9.09. The van der Waals surface area contributed by atoms with Gasteiger partial charge in [-0.05, 0) is 50.9 Å². The molecule has 0 bridgehead atoms. The molecule has 6 amide bonds. The summed E-state index contributed by atoms with van der Waals surface area (Å²) in [6, 6.07) is -1.22. The molecule has 0 spiro atoms. The summed E-state index contributed by atoms with van der Waals surface area (Å²) < 4.78 is 10.4. The lowest BCUT2D eigenvalue weighted by Gasteiger charge is -2.28. The summed E-state index contributed by atoms with van der Waals surface area (Å²) in [7, 11) is 0. The summed E-state index contributed by atoms with van der Waals surface area (Å²) in [6.07, 6.45) is 10.8. The fraction of sp³-hybridized carbons (Fsp3) is 0.784. The van der Waals surface area contributed by atoms with Crippen molar-refractivity contribution in [3.63, 3.8) is 0 Å². The number of carboxylic acids is 2. The highest BCUT2D eigenvalue weighted by atomic mass is 79.9. The van der Waals surface area contributed by atoms with E-state index in [1.165, 1.54) is 0 Å². The van der Waals surface area contributed by atoms with Crippen LogP contribution >= 0.6 is 15.9 Å². The Labute approximate surface area is 337 Å². The average Bonchev–Trinajstić information content (AvgIpc) is 3.17. The predicted octanol–water partition coefficient (Wildman–Crippen LogP) is 1.22. The van der Waals surface area contributed by atoms with Gasteiger partial charge in [-0.1, -0.05) is 54.5 Å². The van der Waals surface area contributed by atoms with Crippen molar-refractivity contribution >= 4 is 63.3 Å². The zero-order chi connectivity index (χ0) is 41.6. The molecule has 1 saturated carbocycles. The molecule has 1 unspecified atom stereocenters. The fourth-order valence-electron chi connectivity index (χ4n) is 6.08. The van der Waals surface area contributed by atoms with Crippen molar-refractivity contribution in [1.82, 2.24) is 26.2 Å². The predicted molar refractivity (Wildman–Crippen MR) is 208 cm³/mol. The minimum atomic E-state index is -1.24. The number of nitrogens with two attached hydrogens (primary N) is 1. The lowest BCUT2D eigenvalue weighted by molar-refractivity contribution is -0.146. The van der Waals surface area contributed by atoms with E-state index in [1.54, 1.807) is 0 Å². The zero-order valence-electron chi connectivity index (χ0n) is 32.5. The fourth-order valence-corrected chi connectivity index (χ4v) is 6.38. The number of nitrogens with one attached hydrogen (secondary N) is 4. The molecule has 0 aromatic rings. The third-order valence-electron chi connectivity index (χ3n) is 9.29. The smallest absolute Gasteiger partial charge is 0.326 e. The number of carboxylic acid groups (broad SMARTS) is 2. The summed E-state index contributed by atoms with van der Waals surface area (Å²) in [5.74, 6) is -4.26. The van der Waals surface area contributed by atoms with Crippen LogP contribution in [0.25, 0.3) is 0 Å². The number of halogens is 1. The van der Waals surface area contributed by atoms with Crippen molar-refractivity contribution in [3.05, 3.63) is 0 Å². The Hall–Kier alpha value is -3.68. The first kappa shape index (κ1) is 50.3. The maximum atomic E-state index is 12.9. The Morgan fingerprint density at radius 2 is 1.25 bits per heavy atom. The highest BCUT2D eigenvalue weighted by Crippen LogP contribution is 2.29. The van der Waals surface area contributed by atoms with Crippen LogP contribution in [0.15, 0.2) is 0 Å². The van der Waals surface area contributed by atoms with E-state index in [1.807, 2.05) is 0 Å². The molecule has 1 aliphatic carbocycles. The van der Waals surface area contributed by atoms with Gasteiger partial charge in [0.25, 0.3) is 5.91 Å². The zero-order valence-corrected chi connectivity index (χ0v) is 34.1. The number of rotatable bonds is 32. The Morgan fingerprint density at radius 1 is 0.696 bits per heavy atom. The van der Waals surface area contributed by atoms with E-state index < -0.39 is 41.6 Å². The maximum absolute atomic E-state index is 12.9. The van der Waals surface area contributed by atoms with E-state index >= 15 is 0 Å². The van der Waals surface area contributed by atoms with Crippen LogP contribution in [0.3, 0.4) is 0 Å². The average molecular weight is 864 g/mol. The third kappa shape index (κ3) is 24.8. The Kier molecular flexibility index (Phi) is 28.2. The highest BCUT2D eigenvalue weighted by Gasteiger charge is 2.30. The molecule has 19 heteroatoms. The maximum Gasteiger partial charge on any atom is 0.326 e. The van der Waals surface area contributed by atoms with Crippen molar-refractivity contribution in [3.8, 4) is 0 Å². The minimum absolute atomic E-state index is 0.0198. The second kappa shape index (κ2) is 31.4. The number of carbonyl (C=O) groups excluding carboxylic acids is 6. The van der Waals surface area contributed by atoms with Crippen LogP contribution in [0.4, 0.5) is 0 Å². The third-order valence-corrected chi connectivity index (χ3v) is 9.77. The van der Waals surface area contributed by atoms with E-state index in [0.29, 0.717) is 25.8 Å². The van der Waals surface area contributed by atoms with Crippen molar-refractivity contribution in [1.29, 1.82) is 0 Å². The van der Waals surface area contributed by atoms with E-state index in [-0.39, 0.29) is 101 Å². The molecule has 0 heterocycles. The van der Waals surface area contributed by atoms with Crippen LogP contribution in [0.5, 0.6) is 0 Å². The lowest BCUT2D eigenvalue weighted by Crippen LogP contribution is -2.45. The van der Waals surface area contributed by atoms with Crippen LogP contribution in [-0.2, 0) is 47.8 Å². The standard InChI is InChI=1S/C37H63BrN6O12/c38-23-33(48)44(20-17-39)34(49)26-56-22-19-41-32(47)25-55-21-18-40-31(46)16-15-29(37(53)54)43-36(52)28-13-11-27(12-14-28)24-42-30(45)9-7-5-3-1-2-4-6-8-10-35(50)51/h27-29H,1-26,39H2,(H,40,46)(H,41,47)(H,42,45)(H,43,52)(H,50,51)(H,53,54). The van der Waals surface area contributed by atoms with Crippen molar-refractivity contribution in [2.75, 3.05) is 64.5 Å². The molecule has 1 atom stereocenters. The number of ether oxygens (including phenoxy) is 2. The molecule has 1 fully saturated rings. The molecular formula is C37H63BrN6O12. The van der Waals surface area contributed by atoms with Crippen molar-refractivity contribution < 1.29 is 58.0 Å². The molecule has 0 aliphatic heterocycles. The monoisotopic (exact) mass is 862 g/mol. The molecule has 18 nitrogen and oxygen atoms in total. The number of alkyl halides is 1. The van der Waals surface area contributed by atoms with Gasteiger partial charge in [0.05, 0.1) is 18.5 Å². The molecule has 0 saturated heterocycles. The number of aliphatic carboxylic acids is 2. The number of imide groups is 1. The van der Waals surface area contributed by atoms with Gasteiger partial charge in [-0.15, -0.1) is 0 Å². The van der Waals surface area contributed by atoms with Gasteiger partial charge in [0, 0.05) is 57.9 Å².